The van der Waals surface area contributed by atoms with Gasteiger partial charge in [0.1, 0.15) is 0 Å². The first kappa shape index (κ1) is 15.4. The van der Waals surface area contributed by atoms with E-state index in [4.69, 9.17) is 0 Å². The molecule has 0 saturated heterocycles. The number of amides is 1. The molecule has 0 radical (unpaired) electrons. The molecule has 0 fully saturated rings. The molecular weight excluding hydrogens is 354 g/mol. The monoisotopic (exact) mass is 367 g/mol. The fraction of sp³-hybridized carbons (Fsp3) is 0.0556. The third-order valence-corrected chi connectivity index (χ3v) is 3.90. The zero-order valence-corrected chi connectivity index (χ0v) is 14.0. The van der Waals surface area contributed by atoms with E-state index in [-0.39, 0.29) is 11.7 Å². The number of aromatic nitrogens is 2. The SMILES string of the molecule is Cc1c(NC(=O)c2ncc(Br)cn2)cccc1-c1ccccc1. The van der Waals surface area contributed by atoms with Crippen LogP contribution < -0.4 is 5.32 Å². The van der Waals surface area contributed by atoms with Crippen LogP contribution in [-0.4, -0.2) is 15.9 Å². The van der Waals surface area contributed by atoms with Gasteiger partial charge in [-0.05, 0) is 45.6 Å². The molecule has 2 aromatic carbocycles. The summed E-state index contributed by atoms with van der Waals surface area (Å²) < 4.78 is 0.733. The molecule has 0 bridgehead atoms. The zero-order chi connectivity index (χ0) is 16.2. The van der Waals surface area contributed by atoms with E-state index in [0.29, 0.717) is 0 Å². The smallest absolute Gasteiger partial charge is 0.293 e. The zero-order valence-electron chi connectivity index (χ0n) is 12.5. The Labute approximate surface area is 142 Å². The van der Waals surface area contributed by atoms with Crippen molar-refractivity contribution in [3.8, 4) is 11.1 Å². The van der Waals surface area contributed by atoms with Gasteiger partial charge >= 0.3 is 0 Å². The maximum atomic E-state index is 12.3. The summed E-state index contributed by atoms with van der Waals surface area (Å²) in [6, 6.07) is 15.9. The molecule has 114 valence electrons. The lowest BCUT2D eigenvalue weighted by Crippen LogP contribution is -2.16. The Kier molecular flexibility index (Phi) is 4.48. The van der Waals surface area contributed by atoms with Crippen molar-refractivity contribution in [2.45, 2.75) is 6.92 Å². The molecule has 3 aromatic rings. The molecule has 0 aliphatic rings. The van der Waals surface area contributed by atoms with Crippen molar-refractivity contribution in [3.05, 3.63) is 76.8 Å². The van der Waals surface area contributed by atoms with Crippen LogP contribution in [0.2, 0.25) is 0 Å². The second-order valence-corrected chi connectivity index (χ2v) is 5.94. The van der Waals surface area contributed by atoms with Gasteiger partial charge in [0.05, 0.1) is 4.47 Å². The average Bonchev–Trinajstić information content (AvgIpc) is 2.58. The van der Waals surface area contributed by atoms with E-state index in [1.54, 1.807) is 12.4 Å². The van der Waals surface area contributed by atoms with E-state index < -0.39 is 0 Å². The summed E-state index contributed by atoms with van der Waals surface area (Å²) in [5.41, 5.74) is 3.95. The number of rotatable bonds is 3. The summed E-state index contributed by atoms with van der Waals surface area (Å²) in [7, 11) is 0. The Hall–Kier alpha value is -2.53. The first-order chi connectivity index (χ1) is 11.1. The number of anilines is 1. The van der Waals surface area contributed by atoms with Crippen LogP contribution in [0.1, 0.15) is 16.2 Å². The molecule has 1 aromatic heterocycles. The first-order valence-corrected chi connectivity index (χ1v) is 7.88. The first-order valence-electron chi connectivity index (χ1n) is 7.09. The minimum Gasteiger partial charge on any atom is -0.319 e. The van der Waals surface area contributed by atoms with Gasteiger partial charge in [0.15, 0.2) is 0 Å². The molecule has 1 N–H and O–H groups in total. The van der Waals surface area contributed by atoms with Crippen LogP contribution in [0.4, 0.5) is 5.69 Å². The van der Waals surface area contributed by atoms with E-state index in [9.17, 15) is 4.79 Å². The van der Waals surface area contributed by atoms with E-state index in [2.05, 4.69) is 31.2 Å². The van der Waals surface area contributed by atoms with Crippen LogP contribution in [0.15, 0.2) is 65.4 Å². The third-order valence-electron chi connectivity index (χ3n) is 3.49. The summed E-state index contributed by atoms with van der Waals surface area (Å²) in [5.74, 6) is -0.191. The van der Waals surface area contributed by atoms with Gasteiger partial charge in [0.25, 0.3) is 5.91 Å². The van der Waals surface area contributed by atoms with Crippen LogP contribution in [0, 0.1) is 6.92 Å². The minimum absolute atomic E-state index is 0.137. The molecular formula is C18H14BrN3O. The molecule has 0 unspecified atom stereocenters. The highest BCUT2D eigenvalue weighted by Crippen LogP contribution is 2.28. The van der Waals surface area contributed by atoms with E-state index in [1.165, 1.54) is 0 Å². The Morgan fingerprint density at radius 3 is 2.39 bits per heavy atom. The van der Waals surface area contributed by atoms with Crippen LogP contribution in [0.3, 0.4) is 0 Å². The van der Waals surface area contributed by atoms with Crippen molar-refractivity contribution in [2.75, 3.05) is 5.32 Å². The third kappa shape index (κ3) is 3.46. The van der Waals surface area contributed by atoms with Crippen LogP contribution >= 0.6 is 15.9 Å². The molecule has 3 rings (SSSR count). The average molecular weight is 368 g/mol. The van der Waals surface area contributed by atoms with E-state index in [0.717, 1.165) is 26.9 Å². The lowest BCUT2D eigenvalue weighted by molar-refractivity contribution is 0.101. The number of carbonyl (C=O) groups is 1. The molecule has 4 nitrogen and oxygen atoms in total. The highest BCUT2D eigenvalue weighted by molar-refractivity contribution is 9.10. The standard InChI is InChI=1S/C18H14BrN3O/c1-12-15(13-6-3-2-4-7-13)8-5-9-16(12)22-18(23)17-20-10-14(19)11-21-17/h2-11H,1H3,(H,22,23). The summed E-state index contributed by atoms with van der Waals surface area (Å²) >= 11 is 3.25. The van der Waals surface area contributed by atoms with Gasteiger partial charge in [-0.25, -0.2) is 9.97 Å². The van der Waals surface area contributed by atoms with Crippen LogP contribution in [-0.2, 0) is 0 Å². The highest BCUT2D eigenvalue weighted by atomic mass is 79.9. The number of nitrogens with zero attached hydrogens (tertiary/aromatic N) is 2. The lowest BCUT2D eigenvalue weighted by Gasteiger charge is -2.12. The number of nitrogens with one attached hydrogen (secondary N) is 1. The largest absolute Gasteiger partial charge is 0.319 e. The van der Waals surface area contributed by atoms with Crippen molar-refractivity contribution >= 4 is 27.5 Å². The summed E-state index contributed by atoms with van der Waals surface area (Å²) in [5, 5.41) is 2.88. The van der Waals surface area contributed by atoms with Crippen molar-refractivity contribution in [1.29, 1.82) is 0 Å². The van der Waals surface area contributed by atoms with Gasteiger partial charge in [-0.2, -0.15) is 0 Å². The van der Waals surface area contributed by atoms with E-state index in [1.807, 2.05) is 55.5 Å². The number of benzene rings is 2. The molecule has 1 amide bonds. The van der Waals surface area contributed by atoms with Crippen molar-refractivity contribution < 1.29 is 4.79 Å². The van der Waals surface area contributed by atoms with Gasteiger partial charge in [-0.1, -0.05) is 42.5 Å². The predicted molar refractivity (Wildman–Crippen MR) is 94.3 cm³/mol. The summed E-state index contributed by atoms with van der Waals surface area (Å²) in [6.07, 6.45) is 3.10. The molecule has 0 saturated carbocycles. The van der Waals surface area contributed by atoms with E-state index >= 15 is 0 Å². The molecule has 0 atom stereocenters. The highest BCUT2D eigenvalue weighted by Gasteiger charge is 2.12. The lowest BCUT2D eigenvalue weighted by atomic mass is 9.99. The fourth-order valence-corrected chi connectivity index (χ4v) is 2.51. The second-order valence-electron chi connectivity index (χ2n) is 5.02. The van der Waals surface area contributed by atoms with Crippen molar-refractivity contribution in [3.63, 3.8) is 0 Å². The Balaban J connectivity index is 1.89. The maximum Gasteiger partial charge on any atom is 0.293 e. The number of hydrogen-bond donors (Lipinski definition) is 1. The van der Waals surface area contributed by atoms with Crippen molar-refractivity contribution in [2.24, 2.45) is 0 Å². The number of halogens is 1. The van der Waals surface area contributed by atoms with Gasteiger partial charge in [0, 0.05) is 18.1 Å². The van der Waals surface area contributed by atoms with Gasteiger partial charge in [0.2, 0.25) is 5.82 Å². The molecule has 1 heterocycles. The Morgan fingerprint density at radius 2 is 1.70 bits per heavy atom. The summed E-state index contributed by atoms with van der Waals surface area (Å²) in [4.78, 5) is 20.3. The maximum absolute atomic E-state index is 12.3. The topological polar surface area (TPSA) is 54.9 Å². The number of carbonyl (C=O) groups excluding carboxylic acids is 1. The predicted octanol–water partition coefficient (Wildman–Crippen LogP) is 4.47. The van der Waals surface area contributed by atoms with Crippen LogP contribution in [0.5, 0.6) is 0 Å². The Morgan fingerprint density at radius 1 is 1.00 bits per heavy atom. The quantitative estimate of drug-likeness (QED) is 0.742. The van der Waals surface area contributed by atoms with Gasteiger partial charge < -0.3 is 5.32 Å². The van der Waals surface area contributed by atoms with Crippen LogP contribution in [0.25, 0.3) is 11.1 Å². The van der Waals surface area contributed by atoms with Crippen molar-refractivity contribution in [1.82, 2.24) is 9.97 Å². The number of hydrogen-bond acceptors (Lipinski definition) is 3. The molecule has 23 heavy (non-hydrogen) atoms. The molecule has 0 spiro atoms. The molecule has 5 heteroatoms. The Bertz CT molecular complexity index is 833. The molecule has 0 aliphatic heterocycles. The van der Waals surface area contributed by atoms with Gasteiger partial charge in [-0.3, -0.25) is 4.79 Å². The second kappa shape index (κ2) is 6.71. The summed E-state index contributed by atoms with van der Waals surface area (Å²) in [6.45, 7) is 1.99. The minimum atomic E-state index is -0.328. The molecule has 0 aliphatic carbocycles. The fourth-order valence-electron chi connectivity index (χ4n) is 2.31. The normalized spacial score (nSPS) is 10.3. The van der Waals surface area contributed by atoms with Gasteiger partial charge in [-0.15, -0.1) is 0 Å².